The number of unbranched alkanes of at least 4 members (excludes halogenated alkanes) is 4. The number of hydrogen-bond acceptors (Lipinski definition) is 21. The van der Waals surface area contributed by atoms with Gasteiger partial charge < -0.3 is 93.5 Å². The first kappa shape index (κ1) is 115. The number of carbonyl (C=O) groups excluding carboxylic acids is 17. The monoisotopic (exact) mass is 1960 g/mol. The zero-order valence-corrected chi connectivity index (χ0v) is 84.7. The molecule has 4 aromatic carbocycles. The normalized spacial score (nSPS) is 16.3. The van der Waals surface area contributed by atoms with Crippen LogP contribution in [0.3, 0.4) is 0 Å². The molecular formula is C104H151N17O20. The number of urea groups is 2. The number of imide groups is 2. The maximum atomic E-state index is 15.0. The Morgan fingerprint density at radius 1 is 0.504 bits per heavy atom. The Kier molecular flexibility index (Phi) is 47.1. The van der Waals surface area contributed by atoms with Gasteiger partial charge in [-0.3, -0.25) is 76.9 Å². The maximum absolute atomic E-state index is 15.0. The van der Waals surface area contributed by atoms with Crippen LogP contribution in [0.1, 0.15) is 228 Å². The van der Waals surface area contributed by atoms with Gasteiger partial charge in [0.1, 0.15) is 30.8 Å². The van der Waals surface area contributed by atoms with Crippen LogP contribution in [0.25, 0.3) is 0 Å². The summed E-state index contributed by atoms with van der Waals surface area (Å²) in [5.74, 6) is -9.43. The molecule has 772 valence electrons. The zero-order valence-electron chi connectivity index (χ0n) is 84.7. The number of hydrogen-bond donors (Lipinski definition) is 13. The lowest BCUT2D eigenvalue weighted by atomic mass is 9.83. The van der Waals surface area contributed by atoms with Crippen LogP contribution in [0, 0.1) is 47.3 Å². The van der Waals surface area contributed by atoms with Crippen LogP contribution in [0.5, 0.6) is 0 Å². The summed E-state index contributed by atoms with van der Waals surface area (Å²) in [4.78, 5) is 237. The summed E-state index contributed by atoms with van der Waals surface area (Å²) >= 11 is 0. The highest BCUT2D eigenvalue weighted by Crippen LogP contribution is 2.34. The summed E-state index contributed by atoms with van der Waals surface area (Å²) < 4.78 is 12.0. The summed E-state index contributed by atoms with van der Waals surface area (Å²) in [7, 11) is 4.66. The first-order chi connectivity index (χ1) is 67.0. The number of nitrogens with two attached hydrogens (primary N) is 1. The molecule has 1 saturated heterocycles. The van der Waals surface area contributed by atoms with Crippen LogP contribution in [-0.4, -0.2) is 239 Å². The van der Waals surface area contributed by atoms with Gasteiger partial charge in [0.05, 0.1) is 36.8 Å². The molecule has 18 amide bonds. The second kappa shape index (κ2) is 57.7. The molecule has 14 N–H and O–H groups in total. The molecule has 7 rings (SSSR count). The number of aliphatic hydroxyl groups is 1. The molecule has 0 bridgehead atoms. The van der Waals surface area contributed by atoms with Crippen molar-refractivity contribution in [3.63, 3.8) is 0 Å². The van der Waals surface area contributed by atoms with E-state index in [1.54, 1.807) is 145 Å². The van der Waals surface area contributed by atoms with Gasteiger partial charge in [-0.15, -0.1) is 0 Å². The number of rotatable bonds is 58. The molecule has 3 heterocycles. The third-order valence-electron chi connectivity index (χ3n) is 26.5. The van der Waals surface area contributed by atoms with Gasteiger partial charge in [-0.05, 0) is 165 Å². The Morgan fingerprint density at radius 3 is 1.40 bits per heavy atom. The molecule has 141 heavy (non-hydrogen) atoms. The molecule has 0 aliphatic carbocycles. The van der Waals surface area contributed by atoms with Gasteiger partial charge >= 0.3 is 18.2 Å². The van der Waals surface area contributed by atoms with Crippen molar-refractivity contribution >= 4 is 118 Å². The Bertz CT molecular complexity index is 4900. The number of aliphatic hydroxyl groups excluding tert-OH is 1. The molecule has 3 aliphatic rings. The predicted molar refractivity (Wildman–Crippen MR) is 534 cm³/mol. The van der Waals surface area contributed by atoms with E-state index in [9.17, 15) is 81.8 Å². The number of anilines is 3. The number of likely N-dealkylation sites (tertiary alicyclic amines) is 1. The number of Topliss-reactive ketones (excluding diaryl/α,β-unsaturated/α-hetero) is 1. The molecule has 0 saturated carbocycles. The molecule has 3 aliphatic heterocycles. The molecule has 0 aromatic heterocycles. The number of nitrogens with one attached hydrogen (secondary N) is 11. The van der Waals surface area contributed by atoms with Gasteiger partial charge in [0.15, 0.2) is 5.78 Å². The fourth-order valence-electron chi connectivity index (χ4n) is 17.6. The Balaban J connectivity index is 0.944. The van der Waals surface area contributed by atoms with Gasteiger partial charge in [-0.1, -0.05) is 169 Å². The van der Waals surface area contributed by atoms with E-state index in [1.165, 1.54) is 43.4 Å². The molecule has 4 aromatic rings. The minimum Gasteiger partial charge on any atom is -0.445 e. The summed E-state index contributed by atoms with van der Waals surface area (Å²) in [5, 5.41) is 42.0. The summed E-state index contributed by atoms with van der Waals surface area (Å²) in [6, 6.07) is 21.0. The highest BCUT2D eigenvalue weighted by Gasteiger charge is 2.44. The smallest absolute Gasteiger partial charge is 0.410 e. The standard InChI is InChI=1S/C104H151N17O20/c1-17-67(10)94(83(140-16)59-90(129)119-57-29-34-81(119)68(11)69(12)96(131)110-70(13)95(130)74-30-21-18-22-31-74)117(14)101(136)78(63(2)3)58-82(122)93(66(8)9)118(15)104(139)141-62-73-41-47-77(48-42-73)112-98(133)80(114-100(135)92(65(6)7)116-85(124)36-24-20-26-56-121-88(127)51-52-89(121)128)33-28-54-107-103(138)109-61-72-39-45-76(46-40-72)111-97(132)79(32-27-53-106-102(137)108-60-71-37-43-75(105)44-38-71)113-99(134)91(64(4)5)115-84(123)35-23-19-25-55-120-86(125)49-50-87(120)126/h18,21-22,30-31,37-52,63-70,78-81,83,91-95,130H,17,19-20,23-29,32-36,53-62,105H2,1-16H3,(H,110,131)(H,111,132)(H,112,133)(H,113,134)(H,114,135)(H,115,123)(H,116,124)(H2,106,108,137)(H2,107,109,138)/t67-,68+,69+,70+,78-,79-,80-,81-,83+,91-,92-,93-,94-,95+/m0/s1. The van der Waals surface area contributed by atoms with Crippen molar-refractivity contribution in [1.82, 2.24) is 72.4 Å². The molecule has 0 unspecified atom stereocenters. The molecular weight excluding hydrogens is 1810 g/mol. The molecule has 37 heteroatoms. The van der Waals surface area contributed by atoms with E-state index in [2.05, 4.69) is 58.5 Å². The van der Waals surface area contributed by atoms with Crippen LogP contribution in [0.15, 0.2) is 127 Å². The van der Waals surface area contributed by atoms with E-state index in [0.29, 0.717) is 86.0 Å². The van der Waals surface area contributed by atoms with Crippen molar-refractivity contribution < 1.29 is 96.1 Å². The van der Waals surface area contributed by atoms with Crippen molar-refractivity contribution in [2.45, 2.75) is 279 Å². The summed E-state index contributed by atoms with van der Waals surface area (Å²) in [6.07, 6.45) is 7.43. The van der Waals surface area contributed by atoms with Gasteiger partial charge in [0.2, 0.25) is 53.2 Å². The van der Waals surface area contributed by atoms with Crippen LogP contribution in [-0.2, 0) is 96.3 Å². The number of methoxy groups -OCH3 is 1. The van der Waals surface area contributed by atoms with E-state index >= 15 is 4.79 Å². The minimum absolute atomic E-state index is 0.0166. The number of nitrogen functional groups attached to an aromatic ring is 1. The lowest BCUT2D eigenvalue weighted by molar-refractivity contribution is -0.148. The van der Waals surface area contributed by atoms with Crippen LogP contribution < -0.4 is 64.2 Å². The predicted octanol–water partition coefficient (Wildman–Crippen LogP) is 9.53. The topological polar surface area (TPSA) is 503 Å². The van der Waals surface area contributed by atoms with Crippen LogP contribution in [0.2, 0.25) is 0 Å². The van der Waals surface area contributed by atoms with E-state index < -0.39 is 150 Å². The first-order valence-corrected chi connectivity index (χ1v) is 49.5. The lowest BCUT2D eigenvalue weighted by Gasteiger charge is -2.41. The number of likely N-dealkylation sites (N-methyl/N-ethyl adjacent to an activating group) is 2. The number of ether oxygens (including phenoxy) is 2. The molecule has 0 spiro atoms. The Labute approximate surface area is 828 Å². The third-order valence-corrected chi connectivity index (χ3v) is 26.5. The number of ketones is 1. The van der Waals surface area contributed by atoms with Crippen molar-refractivity contribution in [2.75, 3.05) is 70.3 Å². The minimum atomic E-state index is -1.24. The second-order valence-corrected chi connectivity index (χ2v) is 38.5. The highest BCUT2D eigenvalue weighted by molar-refractivity contribution is 6.13. The second-order valence-electron chi connectivity index (χ2n) is 38.5. The molecule has 0 radical (unpaired) electrons. The quantitative estimate of drug-likeness (QED) is 0.0111. The van der Waals surface area contributed by atoms with E-state index in [4.69, 9.17) is 15.2 Å². The molecule has 14 atom stereocenters. The molecule has 37 nitrogen and oxygen atoms in total. The fourth-order valence-corrected chi connectivity index (χ4v) is 17.6. The van der Waals surface area contributed by atoms with Crippen LogP contribution in [0.4, 0.5) is 31.4 Å². The van der Waals surface area contributed by atoms with Crippen molar-refractivity contribution in [3.05, 3.63) is 150 Å². The van der Waals surface area contributed by atoms with Crippen molar-refractivity contribution in [3.8, 4) is 0 Å². The number of benzene rings is 4. The summed E-state index contributed by atoms with van der Waals surface area (Å²) in [6.45, 7) is 24.8. The SMILES string of the molecule is CC[C@H](C)[C@@H]([C@@H](CC(=O)N1CCC[C@H]1[C@H](C)[C@@H](C)C(=O)N[C@H](C)[C@@H](O)c1ccccc1)OC)N(C)C(=O)[C@@H](CC(=O)[C@H](C(C)C)N(C)C(=O)OCc1ccc(NC(=O)[C@H](CCCNC(=O)NCc2ccc(NC(=O)[C@H](CCCNC(=O)NCc3ccc(N)cc3)NC(=O)[C@@H](NC(=O)CCCCCN3C(=O)C=CC3=O)C(C)C)cc2)NC(=O)[C@@H](NC(=O)CCCCCN2C(=O)C=CC2=O)C(C)C)cc1)C(C)C. The van der Waals surface area contributed by atoms with E-state index in [0.717, 1.165) is 21.8 Å². The third kappa shape index (κ3) is 36.3. The number of carbonyl (C=O) groups is 17. The van der Waals surface area contributed by atoms with E-state index in [1.807, 2.05) is 64.6 Å². The van der Waals surface area contributed by atoms with Crippen molar-refractivity contribution in [2.24, 2.45) is 47.3 Å². The first-order valence-electron chi connectivity index (χ1n) is 49.5. The van der Waals surface area contributed by atoms with Gasteiger partial charge in [0, 0.05) is 146 Å². The average molecular weight is 1960 g/mol. The average Bonchev–Trinajstić information content (AvgIpc) is 1.78. The maximum Gasteiger partial charge on any atom is 0.410 e. The number of amides is 18. The Hall–Kier alpha value is -12.9. The lowest BCUT2D eigenvalue weighted by Crippen LogP contribution is -2.54. The fraction of sp³-hybridized carbons (Fsp3) is 0.567. The number of nitrogens with zero attached hydrogens (tertiary/aromatic N) is 5. The Morgan fingerprint density at radius 2 is 0.965 bits per heavy atom. The van der Waals surface area contributed by atoms with Gasteiger partial charge in [-0.2, -0.15) is 0 Å². The largest absolute Gasteiger partial charge is 0.445 e. The highest BCUT2D eigenvalue weighted by atomic mass is 16.6. The van der Waals surface area contributed by atoms with Crippen LogP contribution >= 0.6 is 0 Å². The van der Waals surface area contributed by atoms with Gasteiger partial charge in [-0.25, -0.2) is 14.4 Å². The van der Waals surface area contributed by atoms with E-state index in [-0.39, 0.29) is 162 Å². The van der Waals surface area contributed by atoms with Crippen molar-refractivity contribution in [1.29, 1.82) is 0 Å². The zero-order chi connectivity index (χ0) is 104. The van der Waals surface area contributed by atoms with Gasteiger partial charge in [0.25, 0.3) is 23.6 Å². The summed E-state index contributed by atoms with van der Waals surface area (Å²) in [5.41, 5.74) is 9.62. The molecule has 1 fully saturated rings.